The van der Waals surface area contributed by atoms with Gasteiger partial charge in [-0.15, -0.1) is 0 Å². The first-order chi connectivity index (χ1) is 9.65. The Morgan fingerprint density at radius 3 is 2.55 bits per heavy atom. The van der Waals surface area contributed by atoms with Gasteiger partial charge in [0.2, 0.25) is 0 Å². The zero-order valence-corrected chi connectivity index (χ0v) is 12.5. The molecule has 0 amide bonds. The molecule has 0 aliphatic carbocycles. The van der Waals surface area contributed by atoms with E-state index in [-0.39, 0.29) is 0 Å². The molecule has 0 spiro atoms. The molecule has 106 valence electrons. The van der Waals surface area contributed by atoms with E-state index < -0.39 is 0 Å². The highest BCUT2D eigenvalue weighted by molar-refractivity contribution is 6.37. The number of hydrazine groups is 1. The van der Waals surface area contributed by atoms with E-state index in [9.17, 15) is 0 Å². The fourth-order valence-corrected chi connectivity index (χ4v) is 2.36. The van der Waals surface area contributed by atoms with Gasteiger partial charge in [0.05, 0.1) is 10.0 Å². The van der Waals surface area contributed by atoms with Crippen LogP contribution in [0.3, 0.4) is 0 Å². The van der Waals surface area contributed by atoms with Gasteiger partial charge in [-0.3, -0.25) is 4.98 Å². The highest BCUT2D eigenvalue weighted by Crippen LogP contribution is 2.31. The van der Waals surface area contributed by atoms with Gasteiger partial charge in [-0.25, -0.2) is 10.8 Å². The Hall–Kier alpha value is -1.56. The number of anilines is 2. The standard InChI is InChI=1S/C13H15Cl2N5/c1-2-20(8-9-3-5-17-6-4-9)13-11(15)7-10(14)12(18-13)19-16/h3-7H,2,8,16H2,1H3,(H,18,19). The number of nitrogens with two attached hydrogens (primary N) is 1. The number of nitrogen functional groups attached to an aromatic ring is 1. The van der Waals surface area contributed by atoms with Crippen molar-refractivity contribution in [2.24, 2.45) is 5.84 Å². The molecule has 2 heterocycles. The fourth-order valence-electron chi connectivity index (χ4n) is 1.82. The third kappa shape index (κ3) is 3.30. The van der Waals surface area contributed by atoms with E-state index >= 15 is 0 Å². The van der Waals surface area contributed by atoms with Crippen molar-refractivity contribution in [2.45, 2.75) is 13.5 Å². The van der Waals surface area contributed by atoms with Crippen LogP contribution in [-0.4, -0.2) is 16.5 Å². The molecule has 7 heteroatoms. The molecule has 5 nitrogen and oxygen atoms in total. The molecule has 0 saturated heterocycles. The van der Waals surface area contributed by atoms with Gasteiger partial charge in [0, 0.05) is 25.5 Å². The summed E-state index contributed by atoms with van der Waals surface area (Å²) < 4.78 is 0. The highest BCUT2D eigenvalue weighted by Gasteiger charge is 2.14. The first-order valence-corrected chi connectivity index (χ1v) is 6.87. The zero-order valence-electron chi connectivity index (χ0n) is 11.0. The molecular formula is C13H15Cl2N5. The summed E-state index contributed by atoms with van der Waals surface area (Å²) in [6.07, 6.45) is 3.51. The van der Waals surface area contributed by atoms with E-state index in [0.717, 1.165) is 12.1 Å². The predicted molar refractivity (Wildman–Crippen MR) is 83.0 cm³/mol. The van der Waals surface area contributed by atoms with E-state index in [1.165, 1.54) is 0 Å². The lowest BCUT2D eigenvalue weighted by Gasteiger charge is -2.23. The number of aromatic nitrogens is 2. The third-order valence-corrected chi connectivity index (χ3v) is 3.42. The minimum absolute atomic E-state index is 0.390. The maximum Gasteiger partial charge on any atom is 0.161 e. The second kappa shape index (κ2) is 6.74. The number of halogens is 2. The van der Waals surface area contributed by atoms with Crippen molar-refractivity contribution in [2.75, 3.05) is 16.9 Å². The van der Waals surface area contributed by atoms with Gasteiger partial charge in [-0.05, 0) is 30.7 Å². The van der Waals surface area contributed by atoms with E-state index in [1.54, 1.807) is 18.5 Å². The van der Waals surface area contributed by atoms with Gasteiger partial charge in [-0.1, -0.05) is 23.2 Å². The van der Waals surface area contributed by atoms with Gasteiger partial charge < -0.3 is 10.3 Å². The molecule has 0 fully saturated rings. The predicted octanol–water partition coefficient (Wildman–Crippen LogP) is 3.10. The number of nitrogens with one attached hydrogen (secondary N) is 1. The molecule has 2 rings (SSSR count). The molecule has 20 heavy (non-hydrogen) atoms. The van der Waals surface area contributed by atoms with Crippen molar-refractivity contribution >= 4 is 34.8 Å². The number of rotatable bonds is 5. The van der Waals surface area contributed by atoms with Crippen LogP contribution in [0, 0.1) is 0 Å². The van der Waals surface area contributed by atoms with Crippen LogP contribution in [0.5, 0.6) is 0 Å². The summed E-state index contributed by atoms with van der Waals surface area (Å²) in [6, 6.07) is 5.54. The quantitative estimate of drug-likeness (QED) is 0.656. The summed E-state index contributed by atoms with van der Waals surface area (Å²) in [5.74, 6) is 6.44. The van der Waals surface area contributed by atoms with Crippen LogP contribution in [0.1, 0.15) is 12.5 Å². The summed E-state index contributed by atoms with van der Waals surface area (Å²) >= 11 is 12.2. The normalized spacial score (nSPS) is 10.4. The highest BCUT2D eigenvalue weighted by atomic mass is 35.5. The average Bonchev–Trinajstić information content (AvgIpc) is 2.46. The summed E-state index contributed by atoms with van der Waals surface area (Å²) in [6.45, 7) is 3.46. The molecule has 0 unspecified atom stereocenters. The number of nitrogens with zero attached hydrogens (tertiary/aromatic N) is 3. The van der Waals surface area contributed by atoms with Crippen LogP contribution in [0.2, 0.25) is 10.0 Å². The Kier molecular flexibility index (Phi) is 5.00. The molecule has 3 N–H and O–H groups in total. The summed E-state index contributed by atoms with van der Waals surface area (Å²) in [7, 11) is 0. The smallest absolute Gasteiger partial charge is 0.161 e. The Labute approximate surface area is 127 Å². The molecule has 0 saturated carbocycles. The molecule has 0 aliphatic heterocycles. The second-order valence-electron chi connectivity index (χ2n) is 4.14. The fraction of sp³-hybridized carbons (Fsp3) is 0.231. The summed E-state index contributed by atoms with van der Waals surface area (Å²) in [4.78, 5) is 10.4. The zero-order chi connectivity index (χ0) is 14.5. The van der Waals surface area contributed by atoms with Crippen molar-refractivity contribution in [1.29, 1.82) is 0 Å². The molecule has 0 aliphatic rings. The van der Waals surface area contributed by atoms with Crippen LogP contribution in [-0.2, 0) is 6.54 Å². The third-order valence-electron chi connectivity index (χ3n) is 2.85. The van der Waals surface area contributed by atoms with Gasteiger partial charge in [0.1, 0.15) is 5.82 Å². The first kappa shape index (κ1) is 14.8. The van der Waals surface area contributed by atoms with Gasteiger partial charge in [-0.2, -0.15) is 0 Å². The monoisotopic (exact) mass is 311 g/mol. The molecule has 0 bridgehead atoms. The van der Waals surface area contributed by atoms with Crippen molar-refractivity contribution in [3.05, 3.63) is 46.2 Å². The van der Waals surface area contributed by atoms with Crippen LogP contribution in [0.25, 0.3) is 0 Å². The molecule has 2 aromatic heterocycles. The first-order valence-electron chi connectivity index (χ1n) is 6.12. The average molecular weight is 312 g/mol. The van der Waals surface area contributed by atoms with Gasteiger partial charge in [0.15, 0.2) is 5.82 Å². The number of pyridine rings is 2. The lowest BCUT2D eigenvalue weighted by molar-refractivity contribution is 0.813. The van der Waals surface area contributed by atoms with E-state index in [4.69, 9.17) is 29.0 Å². The molecule has 0 aromatic carbocycles. The van der Waals surface area contributed by atoms with Crippen molar-refractivity contribution in [3.8, 4) is 0 Å². The SMILES string of the molecule is CCN(Cc1ccncc1)c1nc(NN)c(Cl)cc1Cl. The maximum atomic E-state index is 6.23. The number of hydrogen-bond acceptors (Lipinski definition) is 5. The van der Waals surface area contributed by atoms with E-state index in [1.807, 2.05) is 24.0 Å². The van der Waals surface area contributed by atoms with Crippen LogP contribution in [0.4, 0.5) is 11.6 Å². The maximum absolute atomic E-state index is 6.23. The molecule has 0 atom stereocenters. The Balaban J connectivity index is 2.32. The molecule has 2 aromatic rings. The van der Waals surface area contributed by atoms with E-state index in [0.29, 0.717) is 28.2 Å². The van der Waals surface area contributed by atoms with Gasteiger partial charge >= 0.3 is 0 Å². The van der Waals surface area contributed by atoms with Crippen LogP contribution >= 0.6 is 23.2 Å². The second-order valence-corrected chi connectivity index (χ2v) is 4.95. The minimum atomic E-state index is 0.390. The Morgan fingerprint density at radius 2 is 1.95 bits per heavy atom. The summed E-state index contributed by atoms with van der Waals surface area (Å²) in [5, 5.41) is 0.881. The lowest BCUT2D eigenvalue weighted by Crippen LogP contribution is -2.24. The molecule has 0 radical (unpaired) electrons. The van der Waals surface area contributed by atoms with Crippen LogP contribution < -0.4 is 16.2 Å². The van der Waals surface area contributed by atoms with Crippen LogP contribution in [0.15, 0.2) is 30.6 Å². The molecular weight excluding hydrogens is 297 g/mol. The van der Waals surface area contributed by atoms with E-state index in [2.05, 4.69) is 15.4 Å². The topological polar surface area (TPSA) is 67.1 Å². The minimum Gasteiger partial charge on any atom is -0.351 e. The summed E-state index contributed by atoms with van der Waals surface area (Å²) in [5.41, 5.74) is 3.59. The van der Waals surface area contributed by atoms with Crippen molar-refractivity contribution in [1.82, 2.24) is 9.97 Å². The van der Waals surface area contributed by atoms with Crippen molar-refractivity contribution < 1.29 is 0 Å². The largest absolute Gasteiger partial charge is 0.351 e. The lowest BCUT2D eigenvalue weighted by atomic mass is 10.2. The number of hydrogen-bond donors (Lipinski definition) is 2. The Morgan fingerprint density at radius 1 is 1.25 bits per heavy atom. The Bertz CT molecular complexity index is 576. The van der Waals surface area contributed by atoms with Gasteiger partial charge in [0.25, 0.3) is 0 Å². The van der Waals surface area contributed by atoms with Crippen molar-refractivity contribution in [3.63, 3.8) is 0 Å².